The van der Waals surface area contributed by atoms with Crippen molar-refractivity contribution < 1.29 is 9.53 Å². The van der Waals surface area contributed by atoms with Crippen molar-refractivity contribution in [2.75, 3.05) is 24.6 Å². The molecule has 104 valence electrons. The highest BCUT2D eigenvalue weighted by Gasteiger charge is 2.19. The van der Waals surface area contributed by atoms with Crippen LogP contribution in [0, 0.1) is 0 Å². The van der Waals surface area contributed by atoms with Crippen LogP contribution in [0.4, 0.5) is 5.95 Å². The number of aryl methyl sites for hydroxylation is 1. The number of carbonyl (C=O) groups excluding carboxylic acids is 1. The van der Waals surface area contributed by atoms with Crippen LogP contribution in [0.3, 0.4) is 0 Å². The van der Waals surface area contributed by atoms with Gasteiger partial charge in [0.1, 0.15) is 0 Å². The van der Waals surface area contributed by atoms with Crippen molar-refractivity contribution >= 4 is 11.9 Å². The third-order valence-corrected chi connectivity index (χ3v) is 3.23. The first kappa shape index (κ1) is 13.8. The lowest BCUT2D eigenvalue weighted by Gasteiger charge is -2.16. The SMILES string of the molecule is CCCc1nc(N2CCCC2)ncc1C(=O)OCC. The first-order valence-corrected chi connectivity index (χ1v) is 7.04. The third-order valence-electron chi connectivity index (χ3n) is 3.23. The van der Waals surface area contributed by atoms with Crippen LogP contribution in [0.2, 0.25) is 0 Å². The summed E-state index contributed by atoms with van der Waals surface area (Å²) in [5, 5.41) is 0. The molecule has 0 atom stereocenters. The second kappa shape index (κ2) is 6.50. The van der Waals surface area contributed by atoms with Gasteiger partial charge >= 0.3 is 5.97 Å². The van der Waals surface area contributed by atoms with E-state index in [-0.39, 0.29) is 5.97 Å². The lowest BCUT2D eigenvalue weighted by Crippen LogP contribution is -2.22. The largest absolute Gasteiger partial charge is 0.462 e. The summed E-state index contributed by atoms with van der Waals surface area (Å²) in [6.45, 7) is 6.26. The van der Waals surface area contributed by atoms with Crippen molar-refractivity contribution in [2.45, 2.75) is 39.5 Å². The van der Waals surface area contributed by atoms with Crippen LogP contribution in [0.25, 0.3) is 0 Å². The van der Waals surface area contributed by atoms with Gasteiger partial charge in [0, 0.05) is 19.3 Å². The number of hydrogen-bond acceptors (Lipinski definition) is 5. The van der Waals surface area contributed by atoms with Gasteiger partial charge in [0.15, 0.2) is 0 Å². The maximum Gasteiger partial charge on any atom is 0.341 e. The summed E-state index contributed by atoms with van der Waals surface area (Å²) in [6, 6.07) is 0. The Balaban J connectivity index is 2.26. The molecule has 5 nitrogen and oxygen atoms in total. The molecule has 2 heterocycles. The second-order valence-corrected chi connectivity index (χ2v) is 4.69. The van der Waals surface area contributed by atoms with E-state index in [0.717, 1.165) is 37.6 Å². The van der Waals surface area contributed by atoms with Gasteiger partial charge in [-0.05, 0) is 26.2 Å². The fraction of sp³-hybridized carbons (Fsp3) is 0.643. The van der Waals surface area contributed by atoms with Gasteiger partial charge in [-0.15, -0.1) is 0 Å². The molecule has 0 saturated carbocycles. The highest BCUT2D eigenvalue weighted by atomic mass is 16.5. The minimum atomic E-state index is -0.320. The van der Waals surface area contributed by atoms with E-state index in [4.69, 9.17) is 4.74 Å². The topological polar surface area (TPSA) is 55.3 Å². The maximum absolute atomic E-state index is 11.9. The lowest BCUT2D eigenvalue weighted by molar-refractivity contribution is 0.0524. The summed E-state index contributed by atoms with van der Waals surface area (Å²) < 4.78 is 5.05. The molecule has 0 amide bonds. The maximum atomic E-state index is 11.9. The van der Waals surface area contributed by atoms with E-state index in [2.05, 4.69) is 21.8 Å². The number of nitrogens with zero attached hydrogens (tertiary/aromatic N) is 3. The summed E-state index contributed by atoms with van der Waals surface area (Å²) in [5.74, 6) is 0.424. The van der Waals surface area contributed by atoms with Gasteiger partial charge in [0.2, 0.25) is 5.95 Å². The zero-order valence-electron chi connectivity index (χ0n) is 11.7. The van der Waals surface area contributed by atoms with Crippen molar-refractivity contribution in [1.29, 1.82) is 0 Å². The second-order valence-electron chi connectivity index (χ2n) is 4.69. The number of hydrogen-bond donors (Lipinski definition) is 0. The van der Waals surface area contributed by atoms with Crippen molar-refractivity contribution in [1.82, 2.24) is 9.97 Å². The monoisotopic (exact) mass is 263 g/mol. The van der Waals surface area contributed by atoms with E-state index in [1.807, 2.05) is 0 Å². The van der Waals surface area contributed by atoms with Crippen LogP contribution < -0.4 is 4.90 Å². The number of carbonyl (C=O) groups is 1. The summed E-state index contributed by atoms with van der Waals surface area (Å²) in [5.41, 5.74) is 1.31. The summed E-state index contributed by atoms with van der Waals surface area (Å²) in [7, 11) is 0. The Kier molecular flexibility index (Phi) is 4.71. The van der Waals surface area contributed by atoms with Crippen LogP contribution in [0.1, 0.15) is 49.2 Å². The summed E-state index contributed by atoms with van der Waals surface area (Å²) in [4.78, 5) is 22.9. The highest BCUT2D eigenvalue weighted by molar-refractivity contribution is 5.90. The van der Waals surface area contributed by atoms with Crippen molar-refractivity contribution in [3.05, 3.63) is 17.5 Å². The molecule has 19 heavy (non-hydrogen) atoms. The molecule has 0 bridgehead atoms. The van der Waals surface area contributed by atoms with Crippen molar-refractivity contribution in [2.24, 2.45) is 0 Å². The van der Waals surface area contributed by atoms with Gasteiger partial charge in [0.25, 0.3) is 0 Å². The Labute approximate surface area is 114 Å². The van der Waals surface area contributed by atoms with Gasteiger partial charge < -0.3 is 9.64 Å². The molecule has 0 aromatic carbocycles. The molecule has 0 spiro atoms. The Hall–Kier alpha value is -1.65. The smallest absolute Gasteiger partial charge is 0.341 e. The zero-order chi connectivity index (χ0) is 13.7. The van der Waals surface area contributed by atoms with Crippen molar-refractivity contribution in [3.8, 4) is 0 Å². The fourth-order valence-corrected chi connectivity index (χ4v) is 2.28. The van der Waals surface area contributed by atoms with Gasteiger partial charge in [-0.25, -0.2) is 14.8 Å². The van der Waals surface area contributed by atoms with Crippen LogP contribution >= 0.6 is 0 Å². The average Bonchev–Trinajstić information content (AvgIpc) is 2.93. The molecule has 1 fully saturated rings. The van der Waals surface area contributed by atoms with E-state index in [1.54, 1.807) is 13.1 Å². The van der Waals surface area contributed by atoms with Crippen LogP contribution in [-0.2, 0) is 11.2 Å². The molecule has 5 heteroatoms. The van der Waals surface area contributed by atoms with Crippen molar-refractivity contribution in [3.63, 3.8) is 0 Å². The molecule has 2 rings (SSSR count). The lowest BCUT2D eigenvalue weighted by atomic mass is 10.1. The minimum Gasteiger partial charge on any atom is -0.462 e. The van der Waals surface area contributed by atoms with E-state index >= 15 is 0 Å². The molecular weight excluding hydrogens is 242 g/mol. The molecule has 0 unspecified atom stereocenters. The van der Waals surface area contributed by atoms with E-state index < -0.39 is 0 Å². The number of aromatic nitrogens is 2. The van der Waals surface area contributed by atoms with E-state index in [0.29, 0.717) is 12.2 Å². The van der Waals surface area contributed by atoms with Gasteiger partial charge in [-0.1, -0.05) is 13.3 Å². The number of esters is 1. The Morgan fingerprint density at radius 3 is 2.74 bits per heavy atom. The molecule has 1 aliphatic heterocycles. The average molecular weight is 263 g/mol. The summed E-state index contributed by atoms with van der Waals surface area (Å²) >= 11 is 0. The predicted octanol–water partition coefficient (Wildman–Crippen LogP) is 2.21. The van der Waals surface area contributed by atoms with Gasteiger partial charge in [-0.3, -0.25) is 0 Å². The predicted molar refractivity (Wildman–Crippen MR) is 73.4 cm³/mol. The van der Waals surface area contributed by atoms with Crippen LogP contribution in [0.15, 0.2) is 6.20 Å². The molecular formula is C14H21N3O2. The van der Waals surface area contributed by atoms with Crippen LogP contribution in [0.5, 0.6) is 0 Å². The highest BCUT2D eigenvalue weighted by Crippen LogP contribution is 2.18. The molecule has 1 aromatic heterocycles. The quantitative estimate of drug-likeness (QED) is 0.762. The fourth-order valence-electron chi connectivity index (χ4n) is 2.28. The Bertz CT molecular complexity index is 442. The molecule has 1 saturated heterocycles. The Morgan fingerprint density at radius 2 is 2.11 bits per heavy atom. The molecule has 0 N–H and O–H groups in total. The molecule has 1 aromatic rings. The number of rotatable bonds is 5. The molecule has 0 aliphatic carbocycles. The number of ether oxygens (including phenoxy) is 1. The zero-order valence-corrected chi connectivity index (χ0v) is 11.7. The first-order chi connectivity index (χ1) is 9.26. The molecule has 1 aliphatic rings. The summed E-state index contributed by atoms with van der Waals surface area (Å²) in [6.07, 6.45) is 5.71. The van der Waals surface area contributed by atoms with Crippen LogP contribution in [-0.4, -0.2) is 35.6 Å². The van der Waals surface area contributed by atoms with E-state index in [9.17, 15) is 4.79 Å². The molecule has 0 radical (unpaired) electrons. The first-order valence-electron chi connectivity index (χ1n) is 7.04. The minimum absolute atomic E-state index is 0.320. The normalized spacial score (nSPS) is 14.7. The third kappa shape index (κ3) is 3.22. The van der Waals surface area contributed by atoms with Gasteiger partial charge in [-0.2, -0.15) is 0 Å². The van der Waals surface area contributed by atoms with Gasteiger partial charge in [0.05, 0.1) is 17.9 Å². The number of anilines is 1. The van der Waals surface area contributed by atoms with E-state index in [1.165, 1.54) is 12.8 Å². The Morgan fingerprint density at radius 1 is 1.37 bits per heavy atom. The standard InChI is InChI=1S/C14H21N3O2/c1-3-7-12-11(13(18)19-4-2)10-15-14(16-12)17-8-5-6-9-17/h10H,3-9H2,1-2H3.